The van der Waals surface area contributed by atoms with Gasteiger partial charge in [-0.2, -0.15) is 5.26 Å². The summed E-state index contributed by atoms with van der Waals surface area (Å²) in [5.74, 6) is 0.759. The van der Waals surface area contributed by atoms with Gasteiger partial charge in [-0.1, -0.05) is 42.5 Å². The zero-order chi connectivity index (χ0) is 17.7. The molecule has 2 aromatic carbocycles. The Labute approximate surface area is 149 Å². The molecule has 0 aliphatic rings. The van der Waals surface area contributed by atoms with Crippen molar-refractivity contribution in [3.05, 3.63) is 71.3 Å². The lowest BCUT2D eigenvalue weighted by Gasteiger charge is -2.11. The average molecular weight is 336 g/mol. The minimum atomic E-state index is 0.561. The maximum atomic E-state index is 8.82. The van der Waals surface area contributed by atoms with E-state index in [1.165, 1.54) is 5.56 Å². The van der Waals surface area contributed by atoms with Gasteiger partial charge in [0.2, 0.25) is 0 Å². The number of benzene rings is 2. The van der Waals surface area contributed by atoms with E-state index in [2.05, 4.69) is 33.8 Å². The topological polar surface area (TPSA) is 69.4 Å². The van der Waals surface area contributed by atoms with E-state index in [9.17, 15) is 0 Å². The monoisotopic (exact) mass is 336 g/mol. The molecule has 0 saturated carbocycles. The van der Waals surface area contributed by atoms with Crippen molar-refractivity contribution in [2.45, 2.75) is 20.1 Å². The molecule has 0 radical (unpaired) electrons. The minimum Gasteiger partial charge on any atom is -0.375 e. The summed E-state index contributed by atoms with van der Waals surface area (Å²) in [6.07, 6.45) is 0. The standard InChI is InChI=1S/C20H24N4O/c1-2-22-20(24-15-18-10-8-17(14-21)9-11-18)23-12-13-25-16-19-6-4-3-5-7-19/h3-11H,2,12-13,15-16H2,1H3,(H2,22,23,24). The van der Waals surface area contributed by atoms with Crippen LogP contribution in [-0.4, -0.2) is 25.7 Å². The van der Waals surface area contributed by atoms with Crippen LogP contribution in [0.3, 0.4) is 0 Å². The predicted octanol–water partition coefficient (Wildman–Crippen LogP) is 2.83. The first-order chi connectivity index (χ1) is 12.3. The number of nitrogens with one attached hydrogen (secondary N) is 2. The summed E-state index contributed by atoms with van der Waals surface area (Å²) in [4.78, 5) is 4.55. The van der Waals surface area contributed by atoms with Gasteiger partial charge < -0.3 is 15.4 Å². The van der Waals surface area contributed by atoms with Gasteiger partial charge in [0.15, 0.2) is 5.96 Å². The first-order valence-electron chi connectivity index (χ1n) is 8.44. The molecule has 5 nitrogen and oxygen atoms in total. The lowest BCUT2D eigenvalue weighted by molar-refractivity contribution is 0.125. The maximum absolute atomic E-state index is 8.82. The lowest BCUT2D eigenvalue weighted by atomic mass is 10.1. The van der Waals surface area contributed by atoms with Gasteiger partial charge in [-0.3, -0.25) is 0 Å². The second-order valence-corrected chi connectivity index (χ2v) is 5.47. The zero-order valence-corrected chi connectivity index (χ0v) is 14.5. The fourth-order valence-electron chi connectivity index (χ4n) is 2.20. The maximum Gasteiger partial charge on any atom is 0.191 e. The van der Waals surface area contributed by atoms with Crippen LogP contribution in [0.2, 0.25) is 0 Å². The highest BCUT2D eigenvalue weighted by atomic mass is 16.5. The van der Waals surface area contributed by atoms with Crippen LogP contribution in [0.15, 0.2) is 59.6 Å². The number of rotatable bonds is 8. The van der Waals surface area contributed by atoms with E-state index in [1.807, 2.05) is 49.4 Å². The van der Waals surface area contributed by atoms with Gasteiger partial charge in [-0.05, 0) is 30.2 Å². The van der Waals surface area contributed by atoms with Crippen molar-refractivity contribution in [1.82, 2.24) is 10.6 Å². The van der Waals surface area contributed by atoms with Crippen LogP contribution in [0.25, 0.3) is 0 Å². The third kappa shape index (κ3) is 7.06. The molecule has 0 aliphatic heterocycles. The van der Waals surface area contributed by atoms with Crippen molar-refractivity contribution in [3.63, 3.8) is 0 Å². The Kier molecular flexibility index (Phi) is 8.02. The molecule has 0 spiro atoms. The Morgan fingerprint density at radius 3 is 2.48 bits per heavy atom. The fraction of sp³-hybridized carbons (Fsp3) is 0.300. The molecule has 0 heterocycles. The molecule has 5 heteroatoms. The normalized spacial score (nSPS) is 11.0. The molecule has 0 aliphatic carbocycles. The van der Waals surface area contributed by atoms with Crippen LogP contribution < -0.4 is 10.6 Å². The highest BCUT2D eigenvalue weighted by molar-refractivity contribution is 5.79. The van der Waals surface area contributed by atoms with E-state index < -0.39 is 0 Å². The van der Waals surface area contributed by atoms with Gasteiger partial charge in [0.1, 0.15) is 0 Å². The molecule has 0 amide bonds. The molecule has 0 fully saturated rings. The van der Waals surface area contributed by atoms with E-state index in [0.717, 1.165) is 18.1 Å². The number of hydrogen-bond donors (Lipinski definition) is 2. The third-order valence-electron chi connectivity index (χ3n) is 3.50. The number of nitriles is 1. The average Bonchev–Trinajstić information content (AvgIpc) is 2.67. The second-order valence-electron chi connectivity index (χ2n) is 5.47. The molecule has 0 saturated heterocycles. The summed E-state index contributed by atoms with van der Waals surface area (Å²) in [6.45, 7) is 5.30. The van der Waals surface area contributed by atoms with Crippen LogP contribution in [0.1, 0.15) is 23.6 Å². The smallest absolute Gasteiger partial charge is 0.191 e. The van der Waals surface area contributed by atoms with Gasteiger partial charge in [0.05, 0.1) is 31.4 Å². The Hall–Kier alpha value is -2.84. The van der Waals surface area contributed by atoms with Crippen molar-refractivity contribution >= 4 is 5.96 Å². The van der Waals surface area contributed by atoms with Gasteiger partial charge in [0, 0.05) is 13.1 Å². The molecule has 130 valence electrons. The van der Waals surface area contributed by atoms with Gasteiger partial charge in [-0.15, -0.1) is 0 Å². The first-order valence-corrected chi connectivity index (χ1v) is 8.44. The van der Waals surface area contributed by atoms with E-state index in [0.29, 0.717) is 31.9 Å². The van der Waals surface area contributed by atoms with Crippen molar-refractivity contribution < 1.29 is 4.74 Å². The molecule has 0 atom stereocenters. The summed E-state index contributed by atoms with van der Waals surface area (Å²) in [6, 6.07) is 19.7. The van der Waals surface area contributed by atoms with Crippen molar-refractivity contribution in [3.8, 4) is 6.07 Å². The summed E-state index contributed by atoms with van der Waals surface area (Å²) in [7, 11) is 0. The Bertz CT molecular complexity index is 690. The van der Waals surface area contributed by atoms with Gasteiger partial charge in [-0.25, -0.2) is 4.99 Å². The molecule has 0 unspecified atom stereocenters. The highest BCUT2D eigenvalue weighted by Crippen LogP contribution is 2.04. The molecule has 2 N–H and O–H groups in total. The molecule has 25 heavy (non-hydrogen) atoms. The molecular formula is C20H24N4O. The molecule has 2 aromatic rings. The summed E-state index contributed by atoms with van der Waals surface area (Å²) in [5.41, 5.74) is 2.90. The van der Waals surface area contributed by atoms with E-state index in [-0.39, 0.29) is 0 Å². The molecule has 0 aromatic heterocycles. The Balaban J connectivity index is 1.74. The Morgan fingerprint density at radius 1 is 1.04 bits per heavy atom. The quantitative estimate of drug-likeness (QED) is 0.442. The summed E-state index contributed by atoms with van der Waals surface area (Å²) < 4.78 is 5.66. The number of aliphatic imine (C=N–C) groups is 1. The highest BCUT2D eigenvalue weighted by Gasteiger charge is 1.98. The van der Waals surface area contributed by atoms with E-state index >= 15 is 0 Å². The Morgan fingerprint density at radius 2 is 1.80 bits per heavy atom. The van der Waals surface area contributed by atoms with Crippen molar-refractivity contribution in [1.29, 1.82) is 5.26 Å². The number of guanidine groups is 1. The third-order valence-corrected chi connectivity index (χ3v) is 3.50. The zero-order valence-electron chi connectivity index (χ0n) is 14.5. The SMILES string of the molecule is CCNC(=NCc1ccc(C#N)cc1)NCCOCc1ccccc1. The van der Waals surface area contributed by atoms with Crippen LogP contribution in [0, 0.1) is 11.3 Å². The van der Waals surface area contributed by atoms with E-state index in [4.69, 9.17) is 10.00 Å². The fourth-order valence-corrected chi connectivity index (χ4v) is 2.20. The second kappa shape index (κ2) is 10.8. The first kappa shape index (κ1) is 18.5. The number of ether oxygens (including phenoxy) is 1. The van der Waals surface area contributed by atoms with E-state index in [1.54, 1.807) is 0 Å². The number of nitrogens with zero attached hydrogens (tertiary/aromatic N) is 2. The van der Waals surface area contributed by atoms with Gasteiger partial charge in [0.25, 0.3) is 0 Å². The summed E-state index contributed by atoms with van der Waals surface area (Å²) >= 11 is 0. The van der Waals surface area contributed by atoms with Crippen molar-refractivity contribution in [2.24, 2.45) is 4.99 Å². The van der Waals surface area contributed by atoms with Crippen LogP contribution >= 0.6 is 0 Å². The van der Waals surface area contributed by atoms with Crippen LogP contribution in [-0.2, 0) is 17.9 Å². The number of hydrogen-bond acceptors (Lipinski definition) is 3. The minimum absolute atomic E-state index is 0.561. The largest absolute Gasteiger partial charge is 0.375 e. The molecule has 0 bridgehead atoms. The van der Waals surface area contributed by atoms with Crippen molar-refractivity contribution in [2.75, 3.05) is 19.7 Å². The molecule has 2 rings (SSSR count). The summed E-state index contributed by atoms with van der Waals surface area (Å²) in [5, 5.41) is 15.3. The van der Waals surface area contributed by atoms with Crippen LogP contribution in [0.5, 0.6) is 0 Å². The predicted molar refractivity (Wildman–Crippen MR) is 100 cm³/mol. The molecular weight excluding hydrogens is 312 g/mol. The lowest BCUT2D eigenvalue weighted by Crippen LogP contribution is -2.38. The van der Waals surface area contributed by atoms with Crippen LogP contribution in [0.4, 0.5) is 0 Å². The van der Waals surface area contributed by atoms with Gasteiger partial charge >= 0.3 is 0 Å².